The van der Waals surface area contributed by atoms with E-state index in [2.05, 4.69) is 20.1 Å². The molecule has 162 valence electrons. The van der Waals surface area contributed by atoms with Gasteiger partial charge in [-0.05, 0) is 31.6 Å². The number of rotatable bonds is 7. The molecule has 3 aliphatic rings. The van der Waals surface area contributed by atoms with Gasteiger partial charge in [-0.2, -0.15) is 10.1 Å². The summed E-state index contributed by atoms with van der Waals surface area (Å²) in [4.78, 5) is 18.6. The average Bonchev–Trinajstić information content (AvgIpc) is 3.12. The fourth-order valence-corrected chi connectivity index (χ4v) is 4.35. The number of amides is 2. The lowest BCUT2D eigenvalue weighted by Crippen LogP contribution is -2.42. The molecule has 9 heteroatoms. The van der Waals surface area contributed by atoms with Crippen LogP contribution in [0.15, 0.2) is 4.52 Å². The maximum absolute atomic E-state index is 12.3. The number of fused-ring (bicyclic) bond motifs is 1. The van der Waals surface area contributed by atoms with Crippen LogP contribution in [0.5, 0.6) is 0 Å². The first-order valence-electron chi connectivity index (χ1n) is 11.2. The molecule has 2 amide bonds. The first kappa shape index (κ1) is 19.5. The molecule has 9 nitrogen and oxygen atoms in total. The van der Waals surface area contributed by atoms with Crippen molar-refractivity contribution in [3.63, 3.8) is 0 Å². The molecule has 0 radical (unpaired) electrons. The average molecular weight is 415 g/mol. The first-order valence-corrected chi connectivity index (χ1v) is 11.2. The molecule has 2 aliphatic carbocycles. The molecule has 0 spiro atoms. The molecule has 0 aromatic carbocycles. The summed E-state index contributed by atoms with van der Waals surface area (Å²) < 4.78 is 13.3. The van der Waals surface area contributed by atoms with Crippen molar-refractivity contribution in [2.45, 2.75) is 70.6 Å². The molecule has 5 rings (SSSR count). The van der Waals surface area contributed by atoms with Crippen molar-refractivity contribution in [1.82, 2.24) is 30.1 Å². The molecule has 2 aromatic heterocycles. The minimum absolute atomic E-state index is 0.0318. The van der Waals surface area contributed by atoms with Crippen LogP contribution in [-0.4, -0.2) is 57.1 Å². The Bertz CT molecular complexity index is 897. The second-order valence-corrected chi connectivity index (χ2v) is 8.82. The highest BCUT2D eigenvalue weighted by atomic mass is 16.5. The number of hydrogen-bond acceptors (Lipinski definition) is 6. The lowest BCUT2D eigenvalue weighted by molar-refractivity contribution is 0.109. The van der Waals surface area contributed by atoms with Crippen LogP contribution >= 0.6 is 0 Å². The standard InChI is InChI=1S/C21H30N6O3/c1-26(21(28)22-15-4-2-3-5-15)10-8-18-23-20(30-25-18)19-16-13-29-11-9-17(16)27(24-19)12-14-6-7-14/h14-15H,2-13H2,1H3,(H,22,28). The van der Waals surface area contributed by atoms with Gasteiger partial charge in [0.25, 0.3) is 5.89 Å². The van der Waals surface area contributed by atoms with Crippen molar-refractivity contribution in [3.05, 3.63) is 17.1 Å². The number of likely N-dealkylation sites (N-methyl/N-ethyl adjacent to an activating group) is 1. The van der Waals surface area contributed by atoms with Gasteiger partial charge in [0, 0.05) is 50.3 Å². The highest BCUT2D eigenvalue weighted by molar-refractivity contribution is 5.74. The molecule has 3 heterocycles. The van der Waals surface area contributed by atoms with Crippen molar-refractivity contribution in [2.75, 3.05) is 20.2 Å². The molecule has 2 fully saturated rings. The fraction of sp³-hybridized carbons (Fsp3) is 0.714. The van der Waals surface area contributed by atoms with Gasteiger partial charge in [-0.1, -0.05) is 18.0 Å². The summed E-state index contributed by atoms with van der Waals surface area (Å²) >= 11 is 0. The van der Waals surface area contributed by atoms with Crippen LogP contribution < -0.4 is 5.32 Å². The van der Waals surface area contributed by atoms with Crippen molar-refractivity contribution in [1.29, 1.82) is 0 Å². The van der Waals surface area contributed by atoms with E-state index in [0.29, 0.717) is 37.3 Å². The molecule has 0 bridgehead atoms. The molecule has 1 aliphatic heterocycles. The van der Waals surface area contributed by atoms with Crippen LogP contribution in [-0.2, 0) is 30.7 Å². The van der Waals surface area contributed by atoms with Gasteiger partial charge in [0.2, 0.25) is 0 Å². The smallest absolute Gasteiger partial charge is 0.317 e. The number of urea groups is 1. The topological polar surface area (TPSA) is 98.3 Å². The minimum Gasteiger partial charge on any atom is -0.376 e. The SMILES string of the molecule is CN(CCc1noc(-c2nn(CC3CC3)c3c2COCC3)n1)C(=O)NC1CCCC1. The van der Waals surface area contributed by atoms with Gasteiger partial charge in [0.15, 0.2) is 11.5 Å². The second-order valence-electron chi connectivity index (χ2n) is 8.82. The zero-order valence-electron chi connectivity index (χ0n) is 17.6. The molecule has 1 N–H and O–H groups in total. The molecular formula is C21H30N6O3. The van der Waals surface area contributed by atoms with Gasteiger partial charge in [-0.3, -0.25) is 4.68 Å². The van der Waals surface area contributed by atoms with E-state index in [4.69, 9.17) is 14.4 Å². The largest absolute Gasteiger partial charge is 0.376 e. The predicted molar refractivity (Wildman–Crippen MR) is 109 cm³/mol. The van der Waals surface area contributed by atoms with E-state index in [-0.39, 0.29) is 6.03 Å². The van der Waals surface area contributed by atoms with E-state index in [1.54, 1.807) is 11.9 Å². The number of carbonyl (C=O) groups is 1. The summed E-state index contributed by atoms with van der Waals surface area (Å²) in [5, 5.41) is 12.0. The van der Waals surface area contributed by atoms with E-state index in [9.17, 15) is 4.79 Å². The Morgan fingerprint density at radius 1 is 1.27 bits per heavy atom. The molecule has 30 heavy (non-hydrogen) atoms. The summed E-state index contributed by atoms with van der Waals surface area (Å²) in [6, 6.07) is 0.284. The van der Waals surface area contributed by atoms with Gasteiger partial charge in [0.05, 0.1) is 13.2 Å². The monoisotopic (exact) mass is 414 g/mol. The Morgan fingerprint density at radius 3 is 2.90 bits per heavy atom. The van der Waals surface area contributed by atoms with Gasteiger partial charge in [-0.15, -0.1) is 0 Å². The summed E-state index contributed by atoms with van der Waals surface area (Å²) in [7, 11) is 1.80. The normalized spacial score (nSPS) is 19.1. The van der Waals surface area contributed by atoms with E-state index in [1.807, 2.05) is 0 Å². The van der Waals surface area contributed by atoms with Crippen molar-refractivity contribution in [2.24, 2.45) is 5.92 Å². The van der Waals surface area contributed by atoms with Crippen molar-refractivity contribution < 1.29 is 14.1 Å². The third kappa shape index (κ3) is 4.21. The van der Waals surface area contributed by atoms with Crippen LogP contribution in [0.1, 0.15) is 55.6 Å². The highest BCUT2D eigenvalue weighted by Gasteiger charge is 2.29. The first-order chi connectivity index (χ1) is 14.7. The number of nitrogens with one attached hydrogen (secondary N) is 1. The van der Waals surface area contributed by atoms with Crippen LogP contribution in [0, 0.1) is 5.92 Å². The number of carbonyl (C=O) groups excluding carboxylic acids is 1. The van der Waals surface area contributed by atoms with E-state index in [0.717, 1.165) is 49.6 Å². The van der Waals surface area contributed by atoms with Gasteiger partial charge in [0.1, 0.15) is 0 Å². The molecule has 0 unspecified atom stereocenters. The maximum Gasteiger partial charge on any atom is 0.317 e. The Morgan fingerprint density at radius 2 is 2.10 bits per heavy atom. The van der Waals surface area contributed by atoms with Crippen molar-refractivity contribution >= 4 is 6.03 Å². The van der Waals surface area contributed by atoms with E-state index < -0.39 is 0 Å². The van der Waals surface area contributed by atoms with Crippen molar-refractivity contribution in [3.8, 4) is 11.6 Å². The quantitative estimate of drug-likeness (QED) is 0.748. The molecule has 2 saturated carbocycles. The number of hydrogen-bond donors (Lipinski definition) is 1. The maximum atomic E-state index is 12.3. The van der Waals surface area contributed by atoms with E-state index in [1.165, 1.54) is 31.4 Å². The molecule has 0 saturated heterocycles. The zero-order valence-corrected chi connectivity index (χ0v) is 17.6. The third-order valence-corrected chi connectivity index (χ3v) is 6.40. The molecule has 0 atom stereocenters. The van der Waals surface area contributed by atoms with E-state index >= 15 is 0 Å². The van der Waals surface area contributed by atoms with Gasteiger partial charge >= 0.3 is 6.03 Å². The van der Waals surface area contributed by atoms with Gasteiger partial charge < -0.3 is 19.5 Å². The number of nitrogens with zero attached hydrogens (tertiary/aromatic N) is 5. The van der Waals surface area contributed by atoms with Crippen LogP contribution in [0.2, 0.25) is 0 Å². The minimum atomic E-state index is -0.0318. The highest BCUT2D eigenvalue weighted by Crippen LogP contribution is 2.34. The number of aromatic nitrogens is 4. The van der Waals surface area contributed by atoms with Crippen LogP contribution in [0.4, 0.5) is 4.79 Å². The Kier molecular flexibility index (Phi) is 5.45. The lowest BCUT2D eigenvalue weighted by atomic mass is 10.1. The van der Waals surface area contributed by atoms with Gasteiger partial charge in [-0.25, -0.2) is 4.79 Å². The Balaban J connectivity index is 1.23. The number of ether oxygens (including phenoxy) is 1. The summed E-state index contributed by atoms with van der Waals surface area (Å²) in [6.45, 7) is 2.77. The van der Waals surface area contributed by atoms with Crippen LogP contribution in [0.3, 0.4) is 0 Å². The molecule has 2 aromatic rings. The predicted octanol–water partition coefficient (Wildman–Crippen LogP) is 2.54. The Labute approximate surface area is 176 Å². The third-order valence-electron chi connectivity index (χ3n) is 6.40. The summed E-state index contributed by atoms with van der Waals surface area (Å²) in [6.07, 6.45) is 8.54. The fourth-order valence-electron chi connectivity index (χ4n) is 4.35. The Hall–Kier alpha value is -2.42. The zero-order chi connectivity index (χ0) is 20.5. The van der Waals surface area contributed by atoms with Crippen LogP contribution in [0.25, 0.3) is 11.6 Å². The lowest BCUT2D eigenvalue weighted by Gasteiger charge is -2.20. The second kappa shape index (κ2) is 8.37. The summed E-state index contributed by atoms with van der Waals surface area (Å²) in [5.41, 5.74) is 3.06. The summed E-state index contributed by atoms with van der Waals surface area (Å²) in [5.74, 6) is 1.78. The molecular weight excluding hydrogens is 384 g/mol.